The van der Waals surface area contributed by atoms with Gasteiger partial charge in [-0.15, -0.1) is 22.7 Å². The summed E-state index contributed by atoms with van der Waals surface area (Å²) in [6.07, 6.45) is 7.82. The summed E-state index contributed by atoms with van der Waals surface area (Å²) in [6, 6.07) is 19.0. The third-order valence-electron chi connectivity index (χ3n) is 9.75. The second-order valence-electron chi connectivity index (χ2n) is 14.8. The molecule has 0 saturated heterocycles. The van der Waals surface area contributed by atoms with Crippen LogP contribution in [0.25, 0.3) is 43.9 Å². The second-order valence-corrected chi connectivity index (χ2v) is 17.6. The van der Waals surface area contributed by atoms with Gasteiger partial charge in [0.15, 0.2) is 0 Å². The van der Waals surface area contributed by atoms with E-state index in [4.69, 9.17) is 42.4 Å². The molecule has 0 aliphatic rings. The fourth-order valence-corrected chi connectivity index (χ4v) is 8.69. The molecule has 372 valence electrons. The van der Waals surface area contributed by atoms with Gasteiger partial charge in [-0.05, 0) is 80.4 Å². The Balaban J connectivity index is 0.000000212. The van der Waals surface area contributed by atoms with Gasteiger partial charge in [-0.2, -0.15) is 9.97 Å². The van der Waals surface area contributed by atoms with Crippen LogP contribution in [0.3, 0.4) is 0 Å². The van der Waals surface area contributed by atoms with E-state index in [0.29, 0.717) is 98.8 Å². The number of hydrogen-bond donors (Lipinski definition) is 5. The number of anilines is 6. The molecule has 0 bridgehead atoms. The highest BCUT2D eigenvalue weighted by atomic mass is 35.5. The van der Waals surface area contributed by atoms with E-state index in [0.717, 1.165) is 17.8 Å². The van der Waals surface area contributed by atoms with Crippen LogP contribution >= 0.6 is 45.9 Å². The number of halogens is 4. The zero-order valence-corrected chi connectivity index (χ0v) is 41.7. The summed E-state index contributed by atoms with van der Waals surface area (Å²) in [5.74, 6) is -1.17. The van der Waals surface area contributed by atoms with Crippen molar-refractivity contribution in [2.24, 2.45) is 0 Å². The predicted octanol–water partition coefficient (Wildman–Crippen LogP) is 11.2. The highest BCUT2D eigenvalue weighted by Crippen LogP contribution is 2.38. The number of carbonyl (C=O) groups is 2. The summed E-state index contributed by atoms with van der Waals surface area (Å²) >= 11 is 14.0. The van der Waals surface area contributed by atoms with Gasteiger partial charge in [-0.3, -0.25) is 9.97 Å². The lowest BCUT2D eigenvalue weighted by Gasteiger charge is -2.12. The number of thiazole rings is 2. The number of ether oxygens (including phenoxy) is 3. The summed E-state index contributed by atoms with van der Waals surface area (Å²) in [6.45, 7) is 4.22. The molecule has 8 rings (SSSR count). The average Bonchev–Trinajstić information content (AvgIpc) is 4.04. The van der Waals surface area contributed by atoms with E-state index in [9.17, 15) is 23.5 Å². The number of carboxylic acids is 1. The Labute approximate surface area is 429 Å². The molecular formula is C48H44Cl2F2N12O6S2. The maximum Gasteiger partial charge on any atom is 0.350 e. The molecule has 0 amide bonds. The molecular weight excluding hydrogens is 1010 g/mol. The fraction of sp³-hybridized carbons (Fsp3) is 0.208. The Hall–Kier alpha value is -7.34. The van der Waals surface area contributed by atoms with Gasteiger partial charge in [0.25, 0.3) is 0 Å². The van der Waals surface area contributed by atoms with E-state index in [1.165, 1.54) is 47.7 Å². The lowest BCUT2D eigenvalue weighted by atomic mass is 10.2. The van der Waals surface area contributed by atoms with Crippen LogP contribution in [0, 0.1) is 11.6 Å². The zero-order valence-electron chi connectivity index (χ0n) is 38.6. The minimum absolute atomic E-state index is 0.0177. The van der Waals surface area contributed by atoms with Crippen molar-refractivity contribution in [1.29, 1.82) is 0 Å². The summed E-state index contributed by atoms with van der Waals surface area (Å²) in [4.78, 5) is 60.8. The van der Waals surface area contributed by atoms with Gasteiger partial charge in [-0.25, -0.2) is 38.3 Å². The predicted molar refractivity (Wildman–Crippen MR) is 275 cm³/mol. The van der Waals surface area contributed by atoms with Crippen LogP contribution in [-0.2, 0) is 14.2 Å². The lowest BCUT2D eigenvalue weighted by molar-refractivity contribution is 0.0532. The van der Waals surface area contributed by atoms with Gasteiger partial charge < -0.3 is 40.6 Å². The van der Waals surface area contributed by atoms with E-state index in [2.05, 4.69) is 56.2 Å². The average molecular weight is 1060 g/mol. The van der Waals surface area contributed by atoms with Crippen molar-refractivity contribution < 1.29 is 37.7 Å². The molecule has 0 aliphatic heterocycles. The highest BCUT2D eigenvalue weighted by molar-refractivity contribution is 7.17. The third-order valence-corrected chi connectivity index (χ3v) is 12.5. The molecule has 8 aromatic rings. The van der Waals surface area contributed by atoms with Crippen molar-refractivity contribution in [3.05, 3.63) is 129 Å². The number of carboxylic acid groups (broad SMARTS) is 1. The second kappa shape index (κ2) is 25.7. The molecule has 24 heteroatoms. The number of nitrogens with zero attached hydrogens (tertiary/aromatic N) is 8. The standard InChI is InChI=1S/C25H24ClFN6O3S.C23H20ClFN6O3S/c1-3-36-24(34)21-20(19-7-4-5-10-28-19)32-23(37-21)16-14-30-25(33-22(16)29-11-6-12-35-2)31-15-8-9-18(27)17(26)13-15;1-34-10-4-9-27-20-14(12-28-23(31-20)29-13-6-7-16(25)15(24)11-13)21-30-18(19(35-21)22(32)33)17-5-2-3-8-26-17/h4-5,7-10,13-14H,3,6,11-12H2,1-2H3,(H2,29,30,31,33);2-3,5-8,11-12H,4,9-10H2,1H3,(H,32,33)(H2,27,28,29,31). The number of pyridine rings is 2. The number of hydrogen-bond acceptors (Lipinski definition) is 19. The van der Waals surface area contributed by atoms with Gasteiger partial charge in [-0.1, -0.05) is 35.3 Å². The van der Waals surface area contributed by atoms with Crippen molar-refractivity contribution in [3.63, 3.8) is 0 Å². The van der Waals surface area contributed by atoms with Crippen LogP contribution in [0.1, 0.15) is 39.1 Å². The Bertz CT molecular complexity index is 3120. The molecule has 0 fully saturated rings. The summed E-state index contributed by atoms with van der Waals surface area (Å²) in [5.41, 5.74) is 3.86. The van der Waals surface area contributed by atoms with Gasteiger partial charge in [0.1, 0.15) is 54.4 Å². The first-order chi connectivity index (χ1) is 35.0. The summed E-state index contributed by atoms with van der Waals surface area (Å²) < 4.78 is 42.5. The number of rotatable bonds is 21. The van der Waals surface area contributed by atoms with Crippen LogP contribution < -0.4 is 21.3 Å². The van der Waals surface area contributed by atoms with Crippen molar-refractivity contribution >= 4 is 92.7 Å². The molecule has 0 saturated carbocycles. The number of aromatic nitrogens is 8. The quantitative estimate of drug-likeness (QED) is 0.0332. The summed E-state index contributed by atoms with van der Waals surface area (Å²) in [5, 5.41) is 23.2. The highest BCUT2D eigenvalue weighted by Gasteiger charge is 2.25. The van der Waals surface area contributed by atoms with E-state index in [1.807, 2.05) is 6.07 Å². The molecule has 0 radical (unpaired) electrons. The van der Waals surface area contributed by atoms with Gasteiger partial charge >= 0.3 is 11.9 Å². The minimum atomic E-state index is -1.10. The first kappa shape index (κ1) is 52.5. The SMILES string of the molecule is CCOC(=O)c1sc(-c2cnc(Nc3ccc(F)c(Cl)c3)nc2NCCCOC)nc1-c1ccccn1.COCCCNc1nc(Nc2ccc(F)c(Cl)c2)ncc1-c1nc(-c2ccccn2)c(C(=O)O)s1. The first-order valence-electron chi connectivity index (χ1n) is 21.9. The van der Waals surface area contributed by atoms with Gasteiger partial charge in [0, 0.05) is 76.7 Å². The number of methoxy groups -OCH3 is 2. The van der Waals surface area contributed by atoms with Crippen LogP contribution in [0.5, 0.6) is 0 Å². The molecule has 72 heavy (non-hydrogen) atoms. The molecule has 0 atom stereocenters. The fourth-order valence-electron chi connectivity index (χ4n) is 6.42. The van der Waals surface area contributed by atoms with Gasteiger partial charge in [0.2, 0.25) is 11.9 Å². The zero-order chi connectivity index (χ0) is 51.0. The topological polar surface area (TPSA) is 233 Å². The largest absolute Gasteiger partial charge is 0.477 e. The smallest absolute Gasteiger partial charge is 0.350 e. The van der Waals surface area contributed by atoms with E-state index in [1.54, 1.807) is 76.3 Å². The Kier molecular flexibility index (Phi) is 18.7. The number of esters is 1. The van der Waals surface area contributed by atoms with Crippen molar-refractivity contribution in [2.75, 3.05) is 68.4 Å². The monoisotopic (exact) mass is 1060 g/mol. The maximum absolute atomic E-state index is 13.6. The molecule has 0 unspecified atom stereocenters. The lowest BCUT2D eigenvalue weighted by Crippen LogP contribution is -2.09. The number of aromatic carboxylic acids is 1. The Morgan fingerprint density at radius 3 is 1.54 bits per heavy atom. The third kappa shape index (κ3) is 13.7. The Morgan fingerprint density at radius 2 is 1.12 bits per heavy atom. The minimum Gasteiger partial charge on any atom is -0.477 e. The number of nitrogens with one attached hydrogen (secondary N) is 4. The van der Waals surface area contributed by atoms with Crippen LogP contribution in [-0.4, -0.2) is 104 Å². The number of carbonyl (C=O) groups excluding carboxylic acids is 1. The molecule has 6 heterocycles. The van der Waals surface area contributed by atoms with E-state index < -0.39 is 23.6 Å². The maximum atomic E-state index is 13.6. The Morgan fingerprint density at radius 1 is 0.653 bits per heavy atom. The molecule has 2 aromatic carbocycles. The normalized spacial score (nSPS) is 10.8. The van der Waals surface area contributed by atoms with Crippen molar-refractivity contribution in [3.8, 4) is 43.9 Å². The number of benzene rings is 2. The van der Waals surface area contributed by atoms with Crippen molar-refractivity contribution in [2.45, 2.75) is 19.8 Å². The molecule has 0 aliphatic carbocycles. The molecule has 0 spiro atoms. The first-order valence-corrected chi connectivity index (χ1v) is 24.2. The van der Waals surface area contributed by atoms with Crippen LogP contribution in [0.2, 0.25) is 10.0 Å². The van der Waals surface area contributed by atoms with Crippen LogP contribution in [0.15, 0.2) is 97.6 Å². The molecule has 6 aromatic heterocycles. The van der Waals surface area contributed by atoms with Crippen molar-refractivity contribution in [1.82, 2.24) is 39.9 Å². The molecule has 5 N–H and O–H groups in total. The van der Waals surface area contributed by atoms with E-state index >= 15 is 0 Å². The van der Waals surface area contributed by atoms with Crippen LogP contribution in [0.4, 0.5) is 43.7 Å². The summed E-state index contributed by atoms with van der Waals surface area (Å²) in [7, 11) is 3.26. The van der Waals surface area contributed by atoms with Gasteiger partial charge in [0.05, 0.1) is 39.2 Å². The van der Waals surface area contributed by atoms with E-state index in [-0.39, 0.29) is 39.1 Å². The molecule has 18 nitrogen and oxygen atoms in total.